The monoisotopic (exact) mass is 418 g/mol. The van der Waals surface area contributed by atoms with Gasteiger partial charge in [0.05, 0.1) is 11.2 Å². The number of hydrogen-bond donors (Lipinski definition) is 0. The molecule has 0 aliphatic heterocycles. The van der Waals surface area contributed by atoms with Gasteiger partial charge in [-0.05, 0) is 54.6 Å². The van der Waals surface area contributed by atoms with Crippen molar-refractivity contribution >= 4 is 51.4 Å². The van der Waals surface area contributed by atoms with Gasteiger partial charge in [0.25, 0.3) is 0 Å². The Hall–Kier alpha value is -3.08. The van der Waals surface area contributed by atoms with Gasteiger partial charge < -0.3 is 9.30 Å². The lowest BCUT2D eigenvalue weighted by atomic mass is 10.1. The maximum atomic E-state index is 6.27. The lowest BCUT2D eigenvalue weighted by Crippen LogP contribution is -2.14. The van der Waals surface area contributed by atoms with E-state index in [0.29, 0.717) is 10.0 Å². The summed E-state index contributed by atoms with van der Waals surface area (Å²) in [6.45, 7) is 0. The van der Waals surface area contributed by atoms with E-state index in [1.54, 1.807) is 0 Å². The molecule has 6 heteroatoms. The summed E-state index contributed by atoms with van der Waals surface area (Å²) in [6, 6.07) is 23.4. The van der Waals surface area contributed by atoms with Crippen LogP contribution in [-0.2, 0) is 0 Å². The molecule has 3 heterocycles. The van der Waals surface area contributed by atoms with E-state index in [9.17, 15) is 0 Å². The van der Waals surface area contributed by atoms with Gasteiger partial charge >= 0.3 is 0 Å². The average molecular weight is 419 g/mol. The lowest BCUT2D eigenvalue weighted by molar-refractivity contribution is 1.08. The van der Waals surface area contributed by atoms with Crippen molar-refractivity contribution in [2.45, 2.75) is 0 Å². The maximum Gasteiger partial charge on any atom is 0.145 e. The third-order valence-electron chi connectivity index (χ3n) is 4.94. The fraction of sp³-hybridized carbons (Fsp3) is 0.0435. The first-order valence-corrected chi connectivity index (χ1v) is 9.89. The molecule has 0 N–H and O–H groups in total. The Morgan fingerprint density at radius 3 is 2.45 bits per heavy atom. The molecule has 4 nitrogen and oxygen atoms in total. The van der Waals surface area contributed by atoms with E-state index < -0.39 is 0 Å². The van der Waals surface area contributed by atoms with Gasteiger partial charge in [0.15, 0.2) is 0 Å². The molecular formula is C23H16Cl2N4. The number of aromatic nitrogens is 3. The Morgan fingerprint density at radius 1 is 0.828 bits per heavy atom. The fourth-order valence-corrected chi connectivity index (χ4v) is 3.78. The van der Waals surface area contributed by atoms with Crippen LogP contribution in [0.25, 0.3) is 27.8 Å². The molecule has 142 valence electrons. The lowest BCUT2D eigenvalue weighted by Gasteiger charge is -2.20. The van der Waals surface area contributed by atoms with Crippen LogP contribution in [0.2, 0.25) is 10.0 Å². The number of hydrogen-bond acceptors (Lipinski definition) is 3. The minimum atomic E-state index is 0.690. The molecule has 5 rings (SSSR count). The summed E-state index contributed by atoms with van der Waals surface area (Å²) < 4.78 is 2.04. The smallest absolute Gasteiger partial charge is 0.145 e. The number of nitrogens with zero attached hydrogens (tertiary/aromatic N) is 4. The highest BCUT2D eigenvalue weighted by Gasteiger charge is 2.15. The van der Waals surface area contributed by atoms with Crippen molar-refractivity contribution in [3.8, 4) is 11.3 Å². The number of pyridine rings is 1. The van der Waals surface area contributed by atoms with Gasteiger partial charge in [-0.25, -0.2) is 9.97 Å². The number of anilines is 2. The van der Waals surface area contributed by atoms with Gasteiger partial charge in [-0.2, -0.15) is 0 Å². The molecule has 0 radical (unpaired) electrons. The second kappa shape index (κ2) is 7.07. The number of benzene rings is 2. The van der Waals surface area contributed by atoms with Crippen LogP contribution < -0.4 is 4.90 Å². The Morgan fingerprint density at radius 2 is 1.62 bits per heavy atom. The van der Waals surface area contributed by atoms with Crippen LogP contribution in [0.15, 0.2) is 79.0 Å². The van der Waals surface area contributed by atoms with Gasteiger partial charge in [0.2, 0.25) is 0 Å². The zero-order valence-electron chi connectivity index (χ0n) is 15.6. The standard InChI is InChI=1S/C23H16Cl2N4/c1-28(21-5-2-4-19(26-21)15-7-9-16(24)10-8-15)23-18-12-11-17(25)14-20(18)29-13-3-6-22(29)27-23/h2-14H,1H3. The number of fused-ring (bicyclic) bond motifs is 3. The zero-order valence-corrected chi connectivity index (χ0v) is 17.1. The molecule has 29 heavy (non-hydrogen) atoms. The molecule has 0 unspecified atom stereocenters. The van der Waals surface area contributed by atoms with Gasteiger partial charge in [0, 0.05) is 34.2 Å². The van der Waals surface area contributed by atoms with Crippen LogP contribution in [0.3, 0.4) is 0 Å². The minimum Gasteiger partial charge on any atom is -0.314 e. The van der Waals surface area contributed by atoms with Gasteiger partial charge in [-0.15, -0.1) is 0 Å². The Labute approximate surface area is 178 Å². The highest BCUT2D eigenvalue weighted by atomic mass is 35.5. The predicted molar refractivity (Wildman–Crippen MR) is 120 cm³/mol. The topological polar surface area (TPSA) is 33.4 Å². The largest absolute Gasteiger partial charge is 0.314 e. The van der Waals surface area contributed by atoms with Crippen LogP contribution in [0.1, 0.15) is 0 Å². The van der Waals surface area contributed by atoms with Crippen molar-refractivity contribution in [2.75, 3.05) is 11.9 Å². The first-order valence-electron chi connectivity index (χ1n) is 9.13. The third kappa shape index (κ3) is 3.20. The molecule has 0 saturated heterocycles. The minimum absolute atomic E-state index is 0.690. The first kappa shape index (κ1) is 18.0. The molecule has 0 bridgehead atoms. The zero-order chi connectivity index (χ0) is 20.0. The quantitative estimate of drug-likeness (QED) is 0.329. The Kier molecular flexibility index (Phi) is 4.38. The van der Waals surface area contributed by atoms with E-state index >= 15 is 0 Å². The molecule has 0 saturated carbocycles. The summed E-state index contributed by atoms with van der Waals surface area (Å²) in [5.41, 5.74) is 3.75. The van der Waals surface area contributed by atoms with Crippen LogP contribution >= 0.6 is 23.2 Å². The van der Waals surface area contributed by atoms with Gasteiger partial charge in [-0.1, -0.05) is 41.4 Å². The van der Waals surface area contributed by atoms with E-state index in [2.05, 4.69) is 0 Å². The summed E-state index contributed by atoms with van der Waals surface area (Å²) in [4.78, 5) is 11.7. The van der Waals surface area contributed by atoms with E-state index in [4.69, 9.17) is 33.2 Å². The van der Waals surface area contributed by atoms with Crippen LogP contribution in [0, 0.1) is 0 Å². The van der Waals surface area contributed by atoms with Crippen molar-refractivity contribution in [1.29, 1.82) is 0 Å². The summed E-state index contributed by atoms with van der Waals surface area (Å²) >= 11 is 12.3. The van der Waals surface area contributed by atoms with Gasteiger partial charge in [0.1, 0.15) is 17.3 Å². The van der Waals surface area contributed by atoms with Crippen molar-refractivity contribution in [1.82, 2.24) is 14.4 Å². The van der Waals surface area contributed by atoms with Crippen molar-refractivity contribution in [2.24, 2.45) is 0 Å². The Balaban J connectivity index is 1.65. The van der Waals surface area contributed by atoms with Crippen molar-refractivity contribution in [3.05, 3.63) is 89.0 Å². The first-order chi connectivity index (χ1) is 14.1. The predicted octanol–water partition coefficient (Wildman–Crippen LogP) is 6.62. The highest BCUT2D eigenvalue weighted by Crippen LogP contribution is 2.32. The molecule has 3 aromatic heterocycles. The molecular weight excluding hydrogens is 403 g/mol. The fourth-order valence-electron chi connectivity index (χ4n) is 3.48. The van der Waals surface area contributed by atoms with Crippen LogP contribution in [0.5, 0.6) is 0 Å². The van der Waals surface area contributed by atoms with E-state index in [-0.39, 0.29) is 0 Å². The summed E-state index contributed by atoms with van der Waals surface area (Å²) in [7, 11) is 1.98. The number of rotatable bonds is 3. The molecule has 0 aliphatic rings. The number of halogens is 2. The molecule has 0 aliphatic carbocycles. The van der Waals surface area contributed by atoms with Crippen LogP contribution in [0.4, 0.5) is 11.6 Å². The molecule has 0 atom stereocenters. The maximum absolute atomic E-state index is 6.27. The molecule has 5 aromatic rings. The third-order valence-corrected chi connectivity index (χ3v) is 5.43. The van der Waals surface area contributed by atoms with Crippen molar-refractivity contribution < 1.29 is 0 Å². The summed E-state index contributed by atoms with van der Waals surface area (Å²) in [5.74, 6) is 1.63. The second-order valence-electron chi connectivity index (χ2n) is 6.78. The SMILES string of the molecule is CN(c1cccc(-c2ccc(Cl)cc2)n1)c1nc2cccn2c2cc(Cl)ccc12. The highest BCUT2D eigenvalue weighted by molar-refractivity contribution is 6.31. The van der Waals surface area contributed by atoms with E-state index in [1.807, 2.05) is 95.3 Å². The van der Waals surface area contributed by atoms with Crippen molar-refractivity contribution in [3.63, 3.8) is 0 Å². The van der Waals surface area contributed by atoms with Gasteiger partial charge in [-0.3, -0.25) is 0 Å². The summed E-state index contributed by atoms with van der Waals surface area (Å²) in [5, 5.41) is 2.39. The van der Waals surface area contributed by atoms with Crippen LogP contribution in [-0.4, -0.2) is 21.4 Å². The van der Waals surface area contributed by atoms with E-state index in [0.717, 1.165) is 39.4 Å². The second-order valence-corrected chi connectivity index (χ2v) is 7.65. The molecule has 0 fully saturated rings. The molecule has 0 amide bonds. The summed E-state index contributed by atoms with van der Waals surface area (Å²) in [6.07, 6.45) is 1.99. The average Bonchev–Trinajstić information content (AvgIpc) is 3.22. The molecule has 2 aromatic carbocycles. The normalized spacial score (nSPS) is 11.3. The Bertz CT molecular complexity index is 1340. The van der Waals surface area contributed by atoms with E-state index in [1.165, 1.54) is 0 Å². The molecule has 0 spiro atoms.